The third-order valence-corrected chi connectivity index (χ3v) is 9.19. The van der Waals surface area contributed by atoms with Crippen LogP contribution < -0.4 is 4.89 Å². The lowest BCUT2D eigenvalue weighted by molar-refractivity contribution is -0.195. The maximum atomic E-state index is 15.5. The summed E-state index contributed by atoms with van der Waals surface area (Å²) in [6, 6.07) is 13.9. The van der Waals surface area contributed by atoms with E-state index in [1.54, 1.807) is 6.07 Å². The molecule has 1 aliphatic carbocycles. The van der Waals surface area contributed by atoms with Crippen LogP contribution in [-0.4, -0.2) is 35.5 Å². The summed E-state index contributed by atoms with van der Waals surface area (Å²) in [6.07, 6.45) is 4.32. The zero-order valence-corrected chi connectivity index (χ0v) is 15.1. The van der Waals surface area contributed by atoms with Gasteiger partial charge in [0.15, 0.2) is 0 Å². The number of likely N-dealkylation sites (N-methyl/N-ethyl adjacent to an activating group) is 2. The smallest absolute Gasteiger partial charge is 0.257 e. The Morgan fingerprint density at radius 1 is 1.00 bits per heavy atom. The molecule has 0 unspecified atom stereocenters. The van der Waals surface area contributed by atoms with Gasteiger partial charge in [0.25, 0.3) is 5.91 Å². The average Bonchev–Trinajstić information content (AvgIpc) is 2.83. The number of rotatable bonds is 2. The van der Waals surface area contributed by atoms with Crippen LogP contribution in [0.2, 0.25) is 0 Å². The molecule has 0 aromatic heterocycles. The van der Waals surface area contributed by atoms with Crippen LogP contribution >= 0.6 is 7.79 Å². The van der Waals surface area contributed by atoms with Gasteiger partial charge in [0, 0.05) is 19.7 Å². The zero-order valence-electron chi connectivity index (χ0n) is 14.2. The van der Waals surface area contributed by atoms with Gasteiger partial charge in [-0.25, -0.2) is 0 Å². The molecule has 128 valence electrons. The predicted octanol–water partition coefficient (Wildman–Crippen LogP) is 4.12. The van der Waals surface area contributed by atoms with Crippen molar-refractivity contribution in [1.82, 2.24) is 9.34 Å². The van der Waals surface area contributed by atoms with Gasteiger partial charge in [-0.3, -0.25) is 0 Å². The number of fused-ring (bicyclic) bond motifs is 2. The number of hydrogen-bond acceptors (Lipinski definition) is 3. The van der Waals surface area contributed by atoms with Gasteiger partial charge in [0.05, 0.1) is 12.1 Å². The Morgan fingerprint density at radius 3 is 2.21 bits per heavy atom. The molecular weight excluding hydrogens is 322 g/mol. The van der Waals surface area contributed by atoms with Crippen LogP contribution in [0.25, 0.3) is 10.8 Å². The van der Waals surface area contributed by atoms with E-state index in [0.29, 0.717) is 5.56 Å². The fourth-order valence-electron chi connectivity index (χ4n) is 4.48. The number of alkyl halides is 1. The summed E-state index contributed by atoms with van der Waals surface area (Å²) in [7, 11) is 0.448. The largest absolute Gasteiger partial charge is 0.648 e. The first-order valence-corrected chi connectivity index (χ1v) is 10.4. The SMILES string of the molecule is CN1[C@@H]2CCCC[C@H]2N(C)[P+]1([O-])[C@@H](F)c1ccc2ccccc2c1. The fraction of sp³-hybridized carbons (Fsp3) is 0.474. The van der Waals surface area contributed by atoms with E-state index >= 15 is 4.39 Å². The number of nitrogens with zero attached hydrogens (tertiary/aromatic N) is 2. The molecule has 0 bridgehead atoms. The molecule has 5 heteroatoms. The van der Waals surface area contributed by atoms with Gasteiger partial charge in [-0.15, -0.1) is 0 Å². The first kappa shape index (κ1) is 16.4. The lowest BCUT2D eigenvalue weighted by Crippen LogP contribution is -2.37. The first-order valence-electron chi connectivity index (χ1n) is 8.72. The zero-order chi connectivity index (χ0) is 16.9. The quantitative estimate of drug-likeness (QED) is 0.766. The van der Waals surface area contributed by atoms with Crippen molar-refractivity contribution >= 4 is 18.6 Å². The van der Waals surface area contributed by atoms with Gasteiger partial charge in [0.1, 0.15) is 7.79 Å². The van der Waals surface area contributed by atoms with E-state index < -0.39 is 13.7 Å². The van der Waals surface area contributed by atoms with E-state index in [2.05, 4.69) is 0 Å². The van der Waals surface area contributed by atoms with Gasteiger partial charge in [-0.1, -0.05) is 49.2 Å². The molecular formula is C19H24FN2OP. The van der Waals surface area contributed by atoms with E-state index in [1.807, 2.05) is 59.8 Å². The van der Waals surface area contributed by atoms with E-state index in [4.69, 9.17) is 0 Å². The Kier molecular flexibility index (Phi) is 4.12. The molecule has 2 fully saturated rings. The molecule has 24 heavy (non-hydrogen) atoms. The molecule has 2 aromatic carbocycles. The van der Waals surface area contributed by atoms with Gasteiger partial charge in [0.2, 0.25) is 0 Å². The lowest BCUT2D eigenvalue weighted by atomic mass is 9.91. The van der Waals surface area contributed by atoms with Crippen molar-refractivity contribution in [2.45, 2.75) is 43.7 Å². The van der Waals surface area contributed by atoms with Gasteiger partial charge >= 0.3 is 0 Å². The second kappa shape index (κ2) is 6.03. The molecule has 1 heterocycles. The first-order chi connectivity index (χ1) is 11.5. The molecule has 0 spiro atoms. The van der Waals surface area contributed by atoms with Crippen molar-refractivity contribution in [3.05, 3.63) is 48.0 Å². The Bertz CT molecular complexity index is 737. The van der Waals surface area contributed by atoms with Crippen molar-refractivity contribution in [2.24, 2.45) is 0 Å². The monoisotopic (exact) mass is 346 g/mol. The summed E-state index contributed by atoms with van der Waals surface area (Å²) in [5, 5.41) is 2.07. The second-order valence-corrected chi connectivity index (χ2v) is 9.99. The van der Waals surface area contributed by atoms with Crippen molar-refractivity contribution in [3.8, 4) is 0 Å². The minimum atomic E-state index is -3.25. The summed E-state index contributed by atoms with van der Waals surface area (Å²) in [4.78, 5) is 13.8. The molecule has 1 saturated heterocycles. The fourth-order valence-corrected chi connectivity index (χ4v) is 7.50. The predicted molar refractivity (Wildman–Crippen MR) is 96.3 cm³/mol. The highest BCUT2D eigenvalue weighted by molar-refractivity contribution is 7.64. The van der Waals surface area contributed by atoms with Crippen LogP contribution in [0.15, 0.2) is 42.5 Å². The molecule has 0 N–H and O–H groups in total. The van der Waals surface area contributed by atoms with Crippen molar-refractivity contribution < 1.29 is 9.28 Å². The van der Waals surface area contributed by atoms with Crippen LogP contribution in [0.3, 0.4) is 0 Å². The summed E-state index contributed by atoms with van der Waals surface area (Å²) < 4.78 is 19.3. The van der Waals surface area contributed by atoms with Crippen LogP contribution in [0.1, 0.15) is 37.2 Å². The maximum Gasteiger partial charge on any atom is 0.257 e. The normalized spacial score (nSPS) is 28.8. The molecule has 0 amide bonds. The molecule has 4 rings (SSSR count). The minimum Gasteiger partial charge on any atom is -0.648 e. The Labute approximate surface area is 143 Å². The summed E-state index contributed by atoms with van der Waals surface area (Å²) in [6.45, 7) is 0. The number of halogens is 1. The molecule has 0 radical (unpaired) electrons. The molecule has 3 nitrogen and oxygen atoms in total. The van der Waals surface area contributed by atoms with Crippen LogP contribution in [0, 0.1) is 0 Å². The summed E-state index contributed by atoms with van der Waals surface area (Å²) in [5.41, 5.74) is 0.523. The van der Waals surface area contributed by atoms with E-state index in [0.717, 1.165) is 36.5 Å². The average molecular weight is 346 g/mol. The molecule has 2 aliphatic rings. The van der Waals surface area contributed by atoms with E-state index in [9.17, 15) is 4.89 Å². The third-order valence-electron chi connectivity index (χ3n) is 5.90. The van der Waals surface area contributed by atoms with Gasteiger partial charge < -0.3 is 4.89 Å². The molecule has 1 aliphatic heterocycles. The van der Waals surface area contributed by atoms with Crippen molar-refractivity contribution in [1.29, 1.82) is 0 Å². The summed E-state index contributed by atoms with van der Waals surface area (Å²) in [5.74, 6) is -1.47. The highest BCUT2D eigenvalue weighted by Crippen LogP contribution is 2.73. The Hall–Kier alpha value is -1.06. The maximum absolute atomic E-state index is 15.5. The molecule has 3 atom stereocenters. The van der Waals surface area contributed by atoms with Crippen molar-refractivity contribution in [2.75, 3.05) is 14.1 Å². The van der Waals surface area contributed by atoms with Crippen LogP contribution in [0.5, 0.6) is 0 Å². The highest BCUT2D eigenvalue weighted by atomic mass is 31.2. The second-order valence-electron chi connectivity index (χ2n) is 7.10. The van der Waals surface area contributed by atoms with Gasteiger partial charge in [-0.2, -0.15) is 13.7 Å². The van der Waals surface area contributed by atoms with Gasteiger partial charge in [-0.05, 0) is 29.7 Å². The van der Waals surface area contributed by atoms with Crippen LogP contribution in [-0.2, 0) is 0 Å². The molecule has 1 saturated carbocycles. The Morgan fingerprint density at radius 2 is 1.58 bits per heavy atom. The van der Waals surface area contributed by atoms with E-state index in [1.165, 1.54) is 0 Å². The lowest BCUT2D eigenvalue weighted by Gasteiger charge is -2.39. The number of hydrogen-bond donors (Lipinski definition) is 0. The summed E-state index contributed by atoms with van der Waals surface area (Å²) >= 11 is 0. The highest BCUT2D eigenvalue weighted by Gasteiger charge is 2.60. The Balaban J connectivity index is 1.72. The molecule has 2 aromatic rings. The van der Waals surface area contributed by atoms with Crippen LogP contribution in [0.4, 0.5) is 4.39 Å². The van der Waals surface area contributed by atoms with E-state index in [-0.39, 0.29) is 12.1 Å². The minimum absolute atomic E-state index is 0.216. The van der Waals surface area contributed by atoms with Crippen molar-refractivity contribution in [3.63, 3.8) is 0 Å². The number of benzene rings is 2. The third kappa shape index (κ3) is 2.32. The topological polar surface area (TPSA) is 29.5 Å². The standard InChI is InChI=1S/C19H24FN2OP/c1-21-17-9-5-6-10-18(17)22(2)24(21,23)19(20)16-12-11-14-7-3-4-8-15(14)13-16/h3-4,7-8,11-13,17-19H,5-6,9-10H2,1-2H3/t17-,18-,19-/m1/s1.